The molecule has 0 spiro atoms. The molecular weight excluding hydrogens is 520 g/mol. The van der Waals surface area contributed by atoms with Crippen molar-refractivity contribution in [3.63, 3.8) is 0 Å². The molecule has 1 N–H and O–H groups in total. The molecule has 3 rings (SSSR count). The summed E-state index contributed by atoms with van der Waals surface area (Å²) in [5.74, 6) is 0.800. The Labute approximate surface area is 250 Å². The number of carbonyl (C=O) groups is 1. The van der Waals surface area contributed by atoms with Crippen molar-refractivity contribution in [1.82, 2.24) is 10.2 Å². The minimum Gasteiger partial charge on any atom is -0.493 e. The first kappa shape index (κ1) is 39.7. The molecule has 1 saturated heterocycles. The monoisotopic (exact) mass is 576 g/mol. The fourth-order valence-electron chi connectivity index (χ4n) is 3.66. The zero-order chi connectivity index (χ0) is 30.8. The molecule has 228 valence electrons. The van der Waals surface area contributed by atoms with Crippen LogP contribution in [0.25, 0.3) is 0 Å². The summed E-state index contributed by atoms with van der Waals surface area (Å²) in [6.45, 7) is 22.0. The molecule has 7 heteroatoms. The van der Waals surface area contributed by atoms with Gasteiger partial charge in [-0.1, -0.05) is 65.3 Å². The molecule has 0 aromatic heterocycles. The molecule has 0 aliphatic carbocycles. The van der Waals surface area contributed by atoms with Gasteiger partial charge < -0.3 is 19.0 Å². The lowest BCUT2D eigenvalue weighted by Gasteiger charge is -2.14. The molecule has 1 aliphatic rings. The number of amides is 1. The standard InChI is InChI=1S/C20H25NO4S.C7H13N.3C2H6/c1-14-7-9-16(10-8-14)26-25-11-5-6-15-12-17(20(22)21-2)19(24-4)18(13-15)23-3;1-2-5-8-6-3-4-7-8;3*1-2/h7-10,12-13H,5-6,11H2,1-4H3,(H,21,22);2H,1,3-7H2;3*1-2H3. The molecule has 2 aromatic rings. The van der Waals surface area contributed by atoms with Gasteiger partial charge in [-0.3, -0.25) is 9.69 Å². The van der Waals surface area contributed by atoms with E-state index in [1.54, 1.807) is 14.2 Å². The van der Waals surface area contributed by atoms with Crippen molar-refractivity contribution in [1.29, 1.82) is 0 Å². The number of methoxy groups -OCH3 is 2. The third-order valence-electron chi connectivity index (χ3n) is 5.47. The second-order valence-corrected chi connectivity index (χ2v) is 8.95. The van der Waals surface area contributed by atoms with Gasteiger partial charge in [0.15, 0.2) is 11.5 Å². The predicted molar refractivity (Wildman–Crippen MR) is 174 cm³/mol. The fraction of sp³-hybridized carbons (Fsp3) is 0.545. The zero-order valence-corrected chi connectivity index (χ0v) is 27.7. The SMILES string of the molecule is C=CCN1CCCC1.CC.CC.CC.CNC(=O)c1cc(CCCOSc2ccc(C)cc2)cc(OC)c1OC. The van der Waals surface area contributed by atoms with Crippen LogP contribution in [0, 0.1) is 6.92 Å². The molecule has 0 bridgehead atoms. The van der Waals surface area contributed by atoms with Gasteiger partial charge in [0.1, 0.15) is 0 Å². The summed E-state index contributed by atoms with van der Waals surface area (Å²) in [7, 11) is 4.69. The lowest BCUT2D eigenvalue weighted by molar-refractivity contribution is 0.0959. The van der Waals surface area contributed by atoms with Crippen LogP contribution in [0.4, 0.5) is 0 Å². The van der Waals surface area contributed by atoms with Crippen LogP contribution in [0.15, 0.2) is 53.9 Å². The Bertz CT molecular complexity index is 898. The number of hydrogen-bond acceptors (Lipinski definition) is 6. The quantitative estimate of drug-likeness (QED) is 0.165. The van der Waals surface area contributed by atoms with Crippen LogP contribution in [0.3, 0.4) is 0 Å². The van der Waals surface area contributed by atoms with Crippen molar-refractivity contribution in [2.75, 3.05) is 47.5 Å². The highest BCUT2D eigenvalue weighted by Crippen LogP contribution is 2.33. The highest BCUT2D eigenvalue weighted by atomic mass is 32.2. The molecule has 1 aliphatic heterocycles. The largest absolute Gasteiger partial charge is 0.493 e. The highest BCUT2D eigenvalue weighted by Gasteiger charge is 2.17. The van der Waals surface area contributed by atoms with Crippen LogP contribution in [0.2, 0.25) is 0 Å². The number of ether oxygens (including phenoxy) is 2. The second kappa shape index (κ2) is 26.7. The van der Waals surface area contributed by atoms with Gasteiger partial charge in [-0.05, 0) is 75.5 Å². The van der Waals surface area contributed by atoms with E-state index in [1.807, 2.05) is 71.9 Å². The molecule has 2 aromatic carbocycles. The van der Waals surface area contributed by atoms with E-state index in [0.29, 0.717) is 23.7 Å². The van der Waals surface area contributed by atoms with Gasteiger partial charge in [0, 0.05) is 30.5 Å². The summed E-state index contributed by atoms with van der Waals surface area (Å²) >= 11 is 1.38. The maximum absolute atomic E-state index is 12.1. The summed E-state index contributed by atoms with van der Waals surface area (Å²) in [4.78, 5) is 15.6. The molecule has 1 amide bonds. The van der Waals surface area contributed by atoms with Gasteiger partial charge in [-0.25, -0.2) is 0 Å². The van der Waals surface area contributed by atoms with Gasteiger partial charge in [0.2, 0.25) is 0 Å². The number of nitrogens with one attached hydrogen (secondary N) is 1. The molecule has 1 fully saturated rings. The maximum Gasteiger partial charge on any atom is 0.254 e. The number of benzene rings is 2. The summed E-state index contributed by atoms with van der Waals surface area (Å²) in [6, 6.07) is 12.0. The van der Waals surface area contributed by atoms with Gasteiger partial charge in [-0.15, -0.1) is 6.58 Å². The van der Waals surface area contributed by atoms with Gasteiger partial charge in [0.05, 0.1) is 26.4 Å². The van der Waals surface area contributed by atoms with Crippen molar-refractivity contribution < 1.29 is 18.5 Å². The van der Waals surface area contributed by atoms with Crippen LogP contribution < -0.4 is 14.8 Å². The average molecular weight is 577 g/mol. The van der Waals surface area contributed by atoms with Gasteiger partial charge in [0.25, 0.3) is 5.91 Å². The van der Waals surface area contributed by atoms with Crippen LogP contribution in [-0.2, 0) is 10.6 Å². The third-order valence-corrected chi connectivity index (χ3v) is 6.21. The molecule has 40 heavy (non-hydrogen) atoms. The third kappa shape index (κ3) is 15.9. The Morgan fingerprint density at radius 2 is 1.60 bits per heavy atom. The normalized spacial score (nSPS) is 11.6. The van der Waals surface area contributed by atoms with Crippen molar-refractivity contribution in [3.8, 4) is 11.5 Å². The van der Waals surface area contributed by atoms with E-state index < -0.39 is 0 Å². The number of aryl methyl sites for hydroxylation is 2. The number of nitrogens with zero attached hydrogens (tertiary/aromatic N) is 1. The minimum absolute atomic E-state index is 0.201. The molecule has 6 nitrogen and oxygen atoms in total. The molecule has 0 saturated carbocycles. The predicted octanol–water partition coefficient (Wildman–Crippen LogP) is 8.38. The Morgan fingerprint density at radius 1 is 1.00 bits per heavy atom. The number of hydrogen-bond donors (Lipinski definition) is 1. The van der Waals surface area contributed by atoms with Gasteiger partial charge >= 0.3 is 0 Å². The Balaban J connectivity index is 0. The highest BCUT2D eigenvalue weighted by molar-refractivity contribution is 7.94. The summed E-state index contributed by atoms with van der Waals surface area (Å²) < 4.78 is 16.4. The van der Waals surface area contributed by atoms with Crippen molar-refractivity contribution >= 4 is 17.9 Å². The Hall–Kier alpha value is -2.48. The minimum atomic E-state index is -0.201. The number of rotatable bonds is 11. The molecular formula is C33H56N2O4S. The van der Waals surface area contributed by atoms with Crippen LogP contribution >= 0.6 is 12.0 Å². The number of carbonyl (C=O) groups excluding carboxylic acids is 1. The fourth-order valence-corrected chi connectivity index (χ4v) is 4.24. The maximum atomic E-state index is 12.1. The summed E-state index contributed by atoms with van der Waals surface area (Å²) in [6.07, 6.45) is 6.35. The van der Waals surface area contributed by atoms with E-state index in [9.17, 15) is 4.79 Å². The Morgan fingerprint density at radius 3 is 2.10 bits per heavy atom. The van der Waals surface area contributed by atoms with Crippen LogP contribution in [0.1, 0.15) is 82.3 Å². The summed E-state index contributed by atoms with van der Waals surface area (Å²) in [5, 5.41) is 2.63. The lowest BCUT2D eigenvalue weighted by Crippen LogP contribution is -2.19. The van der Waals surface area contributed by atoms with E-state index in [0.717, 1.165) is 29.8 Å². The van der Waals surface area contributed by atoms with E-state index in [1.165, 1.54) is 50.6 Å². The molecule has 0 unspecified atom stereocenters. The van der Waals surface area contributed by atoms with Crippen molar-refractivity contribution in [2.45, 2.75) is 79.0 Å². The summed E-state index contributed by atoms with van der Waals surface area (Å²) in [5.41, 5.74) is 2.71. The van der Waals surface area contributed by atoms with E-state index in [-0.39, 0.29) is 5.91 Å². The van der Waals surface area contributed by atoms with Crippen LogP contribution in [-0.4, -0.2) is 58.3 Å². The van der Waals surface area contributed by atoms with Crippen LogP contribution in [0.5, 0.6) is 11.5 Å². The van der Waals surface area contributed by atoms with E-state index >= 15 is 0 Å². The zero-order valence-electron chi connectivity index (χ0n) is 26.9. The second-order valence-electron chi connectivity index (χ2n) is 8.08. The first-order chi connectivity index (χ1) is 19.5. The van der Waals surface area contributed by atoms with Crippen molar-refractivity contribution in [3.05, 3.63) is 65.7 Å². The van der Waals surface area contributed by atoms with E-state index in [4.69, 9.17) is 13.7 Å². The molecule has 0 radical (unpaired) electrons. The molecule has 1 heterocycles. The average Bonchev–Trinajstić information content (AvgIpc) is 3.54. The smallest absolute Gasteiger partial charge is 0.254 e. The van der Waals surface area contributed by atoms with E-state index in [2.05, 4.69) is 35.9 Å². The lowest BCUT2D eigenvalue weighted by atomic mass is 10.0. The first-order valence-corrected chi connectivity index (χ1v) is 15.4. The first-order valence-electron chi connectivity index (χ1n) is 14.7. The number of likely N-dealkylation sites (tertiary alicyclic amines) is 1. The topological polar surface area (TPSA) is 60.0 Å². The van der Waals surface area contributed by atoms with Crippen molar-refractivity contribution in [2.24, 2.45) is 0 Å². The molecule has 0 atom stereocenters. The Kier molecular flexibility index (Phi) is 26.5. The van der Waals surface area contributed by atoms with Gasteiger partial charge in [-0.2, -0.15) is 0 Å².